The molecule has 0 bridgehead atoms. The number of hydrogen-bond acceptors (Lipinski definition) is 6. The normalized spacial score (nSPS) is 18.7. The Morgan fingerprint density at radius 2 is 1.93 bits per heavy atom. The molecule has 3 rings (SSSR count). The van der Waals surface area contributed by atoms with Gasteiger partial charge in [-0.15, -0.1) is 0 Å². The minimum absolute atomic E-state index is 0.0837. The number of rotatable bonds is 11. The number of nitrogens with zero attached hydrogens (tertiary/aromatic N) is 2. The van der Waals surface area contributed by atoms with Crippen molar-refractivity contribution in [1.82, 2.24) is 15.2 Å². The highest BCUT2D eigenvalue weighted by Crippen LogP contribution is 2.26. The monoisotopic (exact) mass is 678 g/mol. The molecule has 1 amide bonds. The fourth-order valence-electron chi connectivity index (χ4n) is 4.88. The van der Waals surface area contributed by atoms with Crippen molar-refractivity contribution in [3.63, 3.8) is 0 Å². The highest BCUT2D eigenvalue weighted by molar-refractivity contribution is 9.09. The lowest BCUT2D eigenvalue weighted by molar-refractivity contribution is -0.116. The maximum Gasteiger partial charge on any atom is 0.243 e. The van der Waals surface area contributed by atoms with Crippen LogP contribution in [0.2, 0.25) is 0 Å². The third-order valence-electron chi connectivity index (χ3n) is 7.68. The van der Waals surface area contributed by atoms with E-state index in [1.54, 1.807) is 6.20 Å². The van der Waals surface area contributed by atoms with Gasteiger partial charge >= 0.3 is 0 Å². The first kappa shape index (κ1) is 41.8. The Balaban J connectivity index is 0.000000685. The van der Waals surface area contributed by atoms with E-state index < -0.39 is 0 Å². The smallest absolute Gasteiger partial charge is 0.243 e. The third-order valence-corrected chi connectivity index (χ3v) is 7.94. The molecule has 44 heavy (non-hydrogen) atoms. The lowest BCUT2D eigenvalue weighted by Crippen LogP contribution is -2.42. The molecule has 3 N–H and O–H groups in total. The molecule has 0 radical (unpaired) electrons. The van der Waals surface area contributed by atoms with Gasteiger partial charge in [0.25, 0.3) is 0 Å². The Bertz CT molecular complexity index is 947. The van der Waals surface area contributed by atoms with Crippen LogP contribution in [0.15, 0.2) is 55.0 Å². The van der Waals surface area contributed by atoms with Crippen LogP contribution >= 0.6 is 15.9 Å². The molecule has 2 aliphatic heterocycles. The van der Waals surface area contributed by atoms with E-state index >= 15 is 0 Å². The van der Waals surface area contributed by atoms with Crippen molar-refractivity contribution in [2.24, 2.45) is 11.8 Å². The van der Waals surface area contributed by atoms with E-state index in [2.05, 4.69) is 85.0 Å². The molecule has 8 heteroatoms. The van der Waals surface area contributed by atoms with Crippen molar-refractivity contribution >= 4 is 27.7 Å². The second-order valence-electron chi connectivity index (χ2n) is 11.5. The summed E-state index contributed by atoms with van der Waals surface area (Å²) in [5, 5.41) is 2.89. The van der Waals surface area contributed by atoms with Crippen LogP contribution in [0.5, 0.6) is 0 Å². The van der Waals surface area contributed by atoms with Crippen molar-refractivity contribution in [1.29, 1.82) is 0 Å². The van der Waals surface area contributed by atoms with Crippen LogP contribution in [-0.4, -0.2) is 59.5 Å². The Morgan fingerprint density at radius 1 is 1.25 bits per heavy atom. The molecule has 1 aromatic heterocycles. The average Bonchev–Trinajstić information content (AvgIpc) is 3.28. The maximum absolute atomic E-state index is 11.3. The van der Waals surface area contributed by atoms with Gasteiger partial charge in [-0.3, -0.25) is 9.69 Å². The summed E-state index contributed by atoms with van der Waals surface area (Å²) in [6, 6.07) is 4.13. The van der Waals surface area contributed by atoms with Gasteiger partial charge in [-0.1, -0.05) is 74.5 Å². The highest BCUT2D eigenvalue weighted by atomic mass is 79.9. The van der Waals surface area contributed by atoms with Gasteiger partial charge < -0.3 is 20.5 Å². The largest absolute Gasteiger partial charge is 0.494 e. The number of pyridine rings is 1. The van der Waals surface area contributed by atoms with Crippen LogP contribution in [0.1, 0.15) is 99.0 Å². The molecule has 1 aromatic rings. The Labute approximate surface area is 278 Å². The van der Waals surface area contributed by atoms with E-state index in [0.717, 1.165) is 56.4 Å². The number of nitrogens with one attached hydrogen (secondary N) is 1. The van der Waals surface area contributed by atoms with Crippen molar-refractivity contribution in [3.8, 4) is 0 Å². The van der Waals surface area contributed by atoms with Crippen molar-refractivity contribution in [2.75, 3.05) is 38.6 Å². The summed E-state index contributed by atoms with van der Waals surface area (Å²) in [6.07, 6.45) is 13.5. The van der Waals surface area contributed by atoms with Crippen LogP contribution < -0.4 is 11.1 Å². The summed E-state index contributed by atoms with van der Waals surface area (Å²) < 4.78 is 10.6. The number of aromatic nitrogens is 1. The maximum atomic E-state index is 11.3. The Morgan fingerprint density at radius 3 is 2.48 bits per heavy atom. The van der Waals surface area contributed by atoms with Crippen LogP contribution in [0.4, 0.5) is 5.82 Å². The lowest BCUT2D eigenvalue weighted by atomic mass is 9.92. The van der Waals surface area contributed by atoms with Gasteiger partial charge in [-0.25, -0.2) is 4.98 Å². The fourth-order valence-corrected chi connectivity index (χ4v) is 5.30. The zero-order valence-corrected chi connectivity index (χ0v) is 30.5. The second kappa shape index (κ2) is 26.1. The molecule has 0 spiro atoms. The fraction of sp³-hybridized carbons (Fsp3) is 0.667. The summed E-state index contributed by atoms with van der Waals surface area (Å²) in [7, 11) is 0. The summed E-state index contributed by atoms with van der Waals surface area (Å²) in [4.78, 5) is 18.2. The first-order valence-electron chi connectivity index (χ1n) is 16.6. The van der Waals surface area contributed by atoms with Crippen LogP contribution in [0, 0.1) is 11.8 Å². The van der Waals surface area contributed by atoms with E-state index in [0.29, 0.717) is 35.8 Å². The molecule has 0 aromatic carbocycles. The molecule has 2 saturated heterocycles. The summed E-state index contributed by atoms with van der Waals surface area (Å²) in [5.74, 6) is 2.85. The average molecular weight is 680 g/mol. The molecule has 0 saturated carbocycles. The molecule has 252 valence electrons. The van der Waals surface area contributed by atoms with Gasteiger partial charge in [0.2, 0.25) is 5.91 Å². The predicted molar refractivity (Wildman–Crippen MR) is 192 cm³/mol. The number of anilines is 1. The van der Waals surface area contributed by atoms with E-state index in [4.69, 9.17) is 15.2 Å². The first-order valence-corrected chi connectivity index (χ1v) is 17.5. The van der Waals surface area contributed by atoms with Crippen LogP contribution in [-0.2, 0) is 20.9 Å². The molecule has 2 aliphatic rings. The van der Waals surface area contributed by atoms with E-state index in [1.807, 2.05) is 26.0 Å². The summed E-state index contributed by atoms with van der Waals surface area (Å²) in [5.41, 5.74) is 8.08. The predicted octanol–water partition coefficient (Wildman–Crippen LogP) is 8.46. The van der Waals surface area contributed by atoms with Crippen LogP contribution in [0.3, 0.4) is 0 Å². The van der Waals surface area contributed by atoms with Gasteiger partial charge in [0.15, 0.2) is 0 Å². The SMILES string of the molecule is C=C(CCC)OCc1cccnc1N.C=CC(=O)NCC(C)N1CCCC(/C(C)=C/C(C)Br)CC1.CC.CC1CCOCC1. The topological polar surface area (TPSA) is 89.7 Å². The number of alkyl halides is 1. The highest BCUT2D eigenvalue weighted by Gasteiger charge is 2.21. The van der Waals surface area contributed by atoms with Crippen molar-refractivity contribution in [3.05, 3.63) is 60.5 Å². The Hall–Kier alpha value is -2.16. The van der Waals surface area contributed by atoms with E-state index in [9.17, 15) is 4.79 Å². The number of nitrogen functional groups attached to an aromatic ring is 1. The van der Waals surface area contributed by atoms with Crippen LogP contribution in [0.25, 0.3) is 0 Å². The minimum Gasteiger partial charge on any atom is -0.494 e. The number of ether oxygens (including phenoxy) is 2. The number of likely N-dealkylation sites (tertiary alicyclic amines) is 1. The number of carbonyl (C=O) groups excluding carboxylic acids is 1. The minimum atomic E-state index is -0.0837. The number of nitrogens with two attached hydrogens (primary N) is 1. The second-order valence-corrected chi connectivity index (χ2v) is 12.9. The lowest BCUT2D eigenvalue weighted by Gasteiger charge is -2.27. The number of halogens is 1. The summed E-state index contributed by atoms with van der Waals surface area (Å²) >= 11 is 3.60. The number of allylic oxidation sites excluding steroid dienone is 3. The molecular formula is C36H63BrN4O3. The molecule has 3 heterocycles. The van der Waals surface area contributed by atoms with Crippen molar-refractivity contribution < 1.29 is 14.3 Å². The molecular weight excluding hydrogens is 616 g/mol. The van der Waals surface area contributed by atoms with Gasteiger partial charge in [-0.2, -0.15) is 0 Å². The molecule has 2 fully saturated rings. The molecule has 7 nitrogen and oxygen atoms in total. The van der Waals surface area contributed by atoms with Gasteiger partial charge in [0.05, 0.1) is 5.76 Å². The standard InChI is InChI=1S/C17H29BrN2O.C11H16N2O.C6H12O.C2H6/c1-5-17(21)19-12-15(4)20-9-6-7-16(8-10-20)13(2)11-14(3)18;1-3-5-9(2)14-8-10-6-4-7-13-11(10)12;1-6-2-4-7-5-3-6;1-2/h5,11,14-16H,1,6-10,12H2,2-4H3,(H,19,21);4,6-7H,2-3,5,8H2,1H3,(H2,12,13);6H,2-5H2,1H3;1-2H3/b13-11+;;;. The number of hydrogen-bond donors (Lipinski definition) is 2. The zero-order chi connectivity index (χ0) is 33.3. The quantitative estimate of drug-likeness (QED) is 0.106. The Kier molecular flexibility index (Phi) is 24.8. The molecule has 0 aliphatic carbocycles. The van der Waals surface area contributed by atoms with Gasteiger partial charge in [-0.05, 0) is 96.4 Å². The zero-order valence-electron chi connectivity index (χ0n) is 28.9. The number of amides is 1. The van der Waals surface area contributed by atoms with Gasteiger partial charge in [0, 0.05) is 48.8 Å². The van der Waals surface area contributed by atoms with E-state index in [-0.39, 0.29) is 5.91 Å². The van der Waals surface area contributed by atoms with Gasteiger partial charge in [0.1, 0.15) is 12.4 Å². The van der Waals surface area contributed by atoms with E-state index in [1.165, 1.54) is 43.8 Å². The molecule has 3 unspecified atom stereocenters. The third kappa shape index (κ3) is 20.0. The summed E-state index contributed by atoms with van der Waals surface area (Å²) in [6.45, 7) is 27.6. The number of carbonyl (C=O) groups is 1. The molecule has 3 atom stereocenters. The first-order chi connectivity index (χ1) is 21.1. The van der Waals surface area contributed by atoms with Crippen molar-refractivity contribution in [2.45, 2.75) is 111 Å².